The van der Waals surface area contributed by atoms with Crippen molar-refractivity contribution in [2.24, 2.45) is 0 Å². The normalized spacial score (nSPS) is 13.3. The molecule has 1 aromatic heterocycles. The Morgan fingerprint density at radius 1 is 1.23 bits per heavy atom. The van der Waals surface area contributed by atoms with Crippen LogP contribution in [-0.4, -0.2) is 40.9 Å². The lowest BCUT2D eigenvalue weighted by Crippen LogP contribution is -2.18. The fourth-order valence-electron chi connectivity index (χ4n) is 0.771. The van der Waals surface area contributed by atoms with E-state index in [1.165, 1.54) is 0 Å². The molecule has 0 saturated carbocycles. The smallest absolute Gasteiger partial charge is 0.141 e. The lowest BCUT2D eigenvalue weighted by atomic mass is 10.7. The third-order valence-corrected chi connectivity index (χ3v) is 5.13. The molecule has 0 fully saturated rings. The summed E-state index contributed by atoms with van der Waals surface area (Å²) in [7, 11) is 3.11. The van der Waals surface area contributed by atoms with Gasteiger partial charge in [0, 0.05) is 0 Å². The van der Waals surface area contributed by atoms with Gasteiger partial charge in [0.2, 0.25) is 0 Å². The van der Waals surface area contributed by atoms with Gasteiger partial charge < -0.3 is 5.73 Å². The first-order valence-electron chi connectivity index (χ1n) is 3.93. The van der Waals surface area contributed by atoms with Crippen molar-refractivity contribution in [3.05, 3.63) is 12.4 Å². The first-order chi connectivity index (χ1) is 5.94. The molecule has 74 valence electrons. The number of anilines is 1. The van der Waals surface area contributed by atoms with Crippen molar-refractivity contribution in [1.29, 1.82) is 0 Å². The first kappa shape index (κ1) is 10.3. The predicted octanol–water partition coefficient (Wildman–Crippen LogP) is 0.958. The fraction of sp³-hybridized carbons (Fsp3) is 0.500. The molecule has 0 aliphatic heterocycles. The molecule has 0 aliphatic rings. The second kappa shape index (κ2) is 3.51. The summed E-state index contributed by atoms with van der Waals surface area (Å²) in [5.41, 5.74) is 5.47. The van der Waals surface area contributed by atoms with Crippen LogP contribution < -0.4 is 5.73 Å². The Hall–Kier alpha value is -0.810. The van der Waals surface area contributed by atoms with E-state index in [0.717, 1.165) is 5.03 Å². The van der Waals surface area contributed by atoms with Gasteiger partial charge in [-0.15, -0.1) is 10.2 Å². The lowest BCUT2D eigenvalue weighted by molar-refractivity contribution is 0.678. The highest BCUT2D eigenvalue weighted by Gasteiger charge is 2.18. The van der Waals surface area contributed by atoms with Gasteiger partial charge >= 0.3 is 0 Å². The molecule has 1 rings (SSSR count). The number of hydrogen-bond donors (Lipinski definition) is 1. The van der Waals surface area contributed by atoms with Crippen molar-refractivity contribution in [1.82, 2.24) is 14.3 Å². The van der Waals surface area contributed by atoms with Crippen molar-refractivity contribution in [2.45, 2.75) is 5.03 Å². The summed E-state index contributed by atoms with van der Waals surface area (Å²) in [4.78, 5) is 8.32. The third kappa shape index (κ3) is 2.10. The van der Waals surface area contributed by atoms with Crippen molar-refractivity contribution in [3.8, 4) is 0 Å². The van der Waals surface area contributed by atoms with Gasteiger partial charge in [-0.25, -0.2) is 9.97 Å². The maximum Gasteiger partial charge on any atom is 0.141 e. The van der Waals surface area contributed by atoms with Crippen molar-refractivity contribution >= 4 is 16.0 Å². The van der Waals surface area contributed by atoms with Crippen LogP contribution in [-0.2, 0) is 0 Å². The molecule has 0 spiro atoms. The van der Waals surface area contributed by atoms with Gasteiger partial charge in [-0.2, -0.15) is 0 Å². The van der Waals surface area contributed by atoms with E-state index in [1.807, 2.05) is 14.1 Å². The summed E-state index contributed by atoms with van der Waals surface area (Å²) >= 11 is 0. The topological polar surface area (TPSA) is 55.0 Å². The predicted molar refractivity (Wildman–Crippen MR) is 57.8 cm³/mol. The summed E-state index contributed by atoms with van der Waals surface area (Å²) in [5, 5.41) is 1.01. The van der Waals surface area contributed by atoms with Gasteiger partial charge in [0.25, 0.3) is 0 Å². The van der Waals surface area contributed by atoms with E-state index >= 15 is 0 Å². The van der Waals surface area contributed by atoms with E-state index < -0.39 is 10.2 Å². The van der Waals surface area contributed by atoms with E-state index in [4.69, 9.17) is 5.73 Å². The van der Waals surface area contributed by atoms with Crippen LogP contribution in [0.1, 0.15) is 0 Å². The highest BCUT2D eigenvalue weighted by molar-refractivity contribution is 8.30. The number of hydrogen-bond acceptors (Lipinski definition) is 4. The van der Waals surface area contributed by atoms with E-state index in [0.29, 0.717) is 5.82 Å². The van der Waals surface area contributed by atoms with Crippen LogP contribution in [0.5, 0.6) is 0 Å². The molecule has 4 nitrogen and oxygen atoms in total. The van der Waals surface area contributed by atoms with Crippen molar-refractivity contribution < 1.29 is 0 Å². The standard InChI is InChI=1S/C8H16N4S/c1-12(2)13(3,4)8-6-10-7(9)5-11-8/h5-6H,1-4H3,(H2,9,10). The third-order valence-electron chi connectivity index (χ3n) is 2.07. The van der Waals surface area contributed by atoms with Gasteiger partial charge in [-0.3, -0.25) is 4.31 Å². The molecule has 0 atom stereocenters. The number of nitrogens with two attached hydrogens (primary N) is 1. The number of nitrogen functional groups attached to an aromatic ring is 1. The maximum atomic E-state index is 5.47. The Kier molecular flexibility index (Phi) is 2.77. The number of rotatable bonds is 2. The molecule has 1 aromatic rings. The molecule has 1 heterocycles. The van der Waals surface area contributed by atoms with Crippen LogP contribution in [0.3, 0.4) is 0 Å². The molecule has 0 saturated heterocycles. The summed E-state index contributed by atoms with van der Waals surface area (Å²) in [5.74, 6) is 0.470. The number of aromatic nitrogens is 2. The highest BCUT2D eigenvalue weighted by Crippen LogP contribution is 2.48. The average Bonchev–Trinajstić information content (AvgIpc) is 2.04. The number of nitrogens with zero attached hydrogens (tertiary/aromatic N) is 3. The second-order valence-corrected chi connectivity index (χ2v) is 7.06. The zero-order chi connectivity index (χ0) is 10.1. The molecule has 13 heavy (non-hydrogen) atoms. The van der Waals surface area contributed by atoms with Crippen LogP contribution >= 0.6 is 10.2 Å². The van der Waals surface area contributed by atoms with Gasteiger partial charge in [0.15, 0.2) is 0 Å². The van der Waals surface area contributed by atoms with Crippen LogP contribution in [0.25, 0.3) is 0 Å². The van der Waals surface area contributed by atoms with Gasteiger partial charge in [-0.05, 0) is 26.6 Å². The van der Waals surface area contributed by atoms with E-state index in [1.54, 1.807) is 12.4 Å². The van der Waals surface area contributed by atoms with E-state index in [-0.39, 0.29) is 0 Å². The molecule has 0 aromatic carbocycles. The minimum absolute atomic E-state index is 0.470. The van der Waals surface area contributed by atoms with Gasteiger partial charge in [0.1, 0.15) is 10.8 Å². The Balaban J connectivity index is 3.01. The molecule has 0 amide bonds. The van der Waals surface area contributed by atoms with E-state index in [2.05, 4.69) is 26.8 Å². The minimum atomic E-state index is -0.989. The Morgan fingerprint density at radius 2 is 1.85 bits per heavy atom. The molecule has 0 unspecified atom stereocenters. The summed E-state index contributed by atoms with van der Waals surface area (Å²) < 4.78 is 2.17. The summed E-state index contributed by atoms with van der Waals surface area (Å²) in [6.45, 7) is 0. The van der Waals surface area contributed by atoms with Crippen LogP contribution in [0.2, 0.25) is 0 Å². The highest BCUT2D eigenvalue weighted by atomic mass is 32.3. The molecule has 0 radical (unpaired) electrons. The zero-order valence-corrected chi connectivity index (χ0v) is 9.30. The summed E-state index contributed by atoms with van der Waals surface area (Å²) in [6.07, 6.45) is 7.71. The van der Waals surface area contributed by atoms with Crippen LogP contribution in [0.4, 0.5) is 5.82 Å². The largest absolute Gasteiger partial charge is 0.382 e. The van der Waals surface area contributed by atoms with Crippen molar-refractivity contribution in [2.75, 3.05) is 32.3 Å². The van der Waals surface area contributed by atoms with E-state index in [9.17, 15) is 0 Å². The molecule has 0 aliphatic carbocycles. The molecule has 0 bridgehead atoms. The Labute approximate surface area is 80.6 Å². The van der Waals surface area contributed by atoms with Gasteiger partial charge in [-0.1, -0.05) is 0 Å². The van der Waals surface area contributed by atoms with Crippen LogP contribution in [0, 0.1) is 0 Å². The fourth-order valence-corrected chi connectivity index (χ4v) is 1.77. The average molecular weight is 200 g/mol. The second-order valence-electron chi connectivity index (χ2n) is 3.36. The molecular weight excluding hydrogens is 184 g/mol. The first-order valence-corrected chi connectivity index (χ1v) is 6.33. The molecular formula is C8H16N4S. The molecule has 5 heteroatoms. The van der Waals surface area contributed by atoms with Crippen LogP contribution in [0.15, 0.2) is 17.4 Å². The SMILES string of the molecule is CN(C)S(C)(C)c1cnc(N)cn1. The Bertz CT molecular complexity index is 281. The zero-order valence-electron chi connectivity index (χ0n) is 8.48. The van der Waals surface area contributed by atoms with Crippen molar-refractivity contribution in [3.63, 3.8) is 0 Å². The van der Waals surface area contributed by atoms with Gasteiger partial charge in [0.05, 0.1) is 12.4 Å². The quantitative estimate of drug-likeness (QED) is 0.772. The molecule has 2 N–H and O–H groups in total. The maximum absolute atomic E-state index is 5.47. The minimum Gasteiger partial charge on any atom is -0.382 e. The Morgan fingerprint density at radius 3 is 2.23 bits per heavy atom. The lowest BCUT2D eigenvalue weighted by Gasteiger charge is -2.37. The summed E-state index contributed by atoms with van der Waals surface area (Å²) in [6, 6.07) is 0. The monoisotopic (exact) mass is 200 g/mol.